The Bertz CT molecular complexity index is 372. The van der Waals surface area contributed by atoms with E-state index in [2.05, 4.69) is 4.74 Å². The highest BCUT2D eigenvalue weighted by Gasteiger charge is 2.29. The molecule has 0 fully saturated rings. The normalized spacial score (nSPS) is 12.2. The number of aliphatic carboxylic acids is 1. The lowest BCUT2D eigenvalue weighted by Gasteiger charge is -2.19. The molecule has 94 valence electrons. The fourth-order valence-electron chi connectivity index (χ4n) is 0.631. The van der Waals surface area contributed by atoms with Crippen molar-refractivity contribution >= 4 is 22.0 Å². The molecule has 0 atom stereocenters. The Labute approximate surface area is 93.8 Å². The van der Waals surface area contributed by atoms with Crippen LogP contribution in [0.1, 0.15) is 13.8 Å². The van der Waals surface area contributed by atoms with Crippen molar-refractivity contribution in [2.75, 3.05) is 19.4 Å². The molecule has 0 aliphatic rings. The average Bonchev–Trinajstić information content (AvgIpc) is 2.14. The molecule has 2 N–H and O–H groups in total. The summed E-state index contributed by atoms with van der Waals surface area (Å²) in [5, 5.41) is 8.74. The van der Waals surface area contributed by atoms with Gasteiger partial charge in [-0.3, -0.25) is 9.59 Å². The smallest absolute Gasteiger partial charge is 0.322 e. The third kappa shape index (κ3) is 5.08. The van der Waals surface area contributed by atoms with Gasteiger partial charge in [-0.2, -0.15) is 0 Å². The summed E-state index contributed by atoms with van der Waals surface area (Å²) >= 11 is 0. The molecule has 16 heavy (non-hydrogen) atoms. The van der Waals surface area contributed by atoms with Gasteiger partial charge in [0.05, 0.1) is 12.5 Å². The SMILES string of the molecule is COC(=O)CS(=O)(=O)NCC(C)(C)C(=O)O. The van der Waals surface area contributed by atoms with Gasteiger partial charge in [-0.05, 0) is 13.8 Å². The number of carboxylic acids is 1. The van der Waals surface area contributed by atoms with Gasteiger partial charge in [-0.15, -0.1) is 0 Å². The third-order valence-electron chi connectivity index (χ3n) is 1.85. The molecule has 0 saturated carbocycles. The van der Waals surface area contributed by atoms with Crippen molar-refractivity contribution in [3.8, 4) is 0 Å². The molecule has 0 spiro atoms. The van der Waals surface area contributed by atoms with E-state index in [1.54, 1.807) is 0 Å². The number of esters is 1. The molecule has 0 aliphatic carbocycles. The van der Waals surface area contributed by atoms with Gasteiger partial charge in [0.15, 0.2) is 5.75 Å². The number of methoxy groups -OCH3 is 1. The second-order valence-corrected chi connectivity index (χ2v) is 5.65. The number of hydrogen-bond acceptors (Lipinski definition) is 5. The number of sulfonamides is 1. The van der Waals surface area contributed by atoms with Crippen molar-refractivity contribution in [2.24, 2.45) is 5.41 Å². The first-order valence-corrected chi connectivity index (χ1v) is 6.03. The highest BCUT2D eigenvalue weighted by Crippen LogP contribution is 2.13. The summed E-state index contributed by atoms with van der Waals surface area (Å²) in [6.07, 6.45) is 0. The van der Waals surface area contributed by atoms with Crippen molar-refractivity contribution in [1.29, 1.82) is 0 Å². The number of hydrogen-bond donors (Lipinski definition) is 2. The second kappa shape index (κ2) is 5.26. The minimum absolute atomic E-state index is 0.290. The molecule has 0 rings (SSSR count). The molecule has 0 aliphatic heterocycles. The van der Waals surface area contributed by atoms with Gasteiger partial charge in [0.2, 0.25) is 10.0 Å². The summed E-state index contributed by atoms with van der Waals surface area (Å²) in [5.74, 6) is -2.85. The lowest BCUT2D eigenvalue weighted by molar-refractivity contribution is -0.146. The first-order chi connectivity index (χ1) is 7.10. The van der Waals surface area contributed by atoms with Crippen LogP contribution in [0.2, 0.25) is 0 Å². The first-order valence-electron chi connectivity index (χ1n) is 4.38. The highest BCUT2D eigenvalue weighted by atomic mass is 32.2. The zero-order valence-electron chi connectivity index (χ0n) is 9.31. The summed E-state index contributed by atoms with van der Waals surface area (Å²) in [7, 11) is -2.78. The first kappa shape index (κ1) is 14.8. The Hall–Kier alpha value is -1.15. The molecule has 0 radical (unpaired) electrons. The van der Waals surface area contributed by atoms with Crippen LogP contribution < -0.4 is 4.72 Å². The summed E-state index contributed by atoms with van der Waals surface area (Å²) in [4.78, 5) is 21.4. The Morgan fingerprint density at radius 3 is 2.25 bits per heavy atom. The van der Waals surface area contributed by atoms with Gasteiger partial charge in [0.25, 0.3) is 0 Å². The van der Waals surface area contributed by atoms with E-state index >= 15 is 0 Å². The van der Waals surface area contributed by atoms with E-state index in [0.717, 1.165) is 7.11 Å². The predicted octanol–water partition coefficient (Wildman–Crippen LogP) is -0.810. The Morgan fingerprint density at radius 1 is 1.38 bits per heavy atom. The lowest BCUT2D eigenvalue weighted by atomic mass is 9.95. The van der Waals surface area contributed by atoms with Gasteiger partial charge in [0, 0.05) is 6.54 Å². The van der Waals surface area contributed by atoms with Crippen LogP contribution in [0.5, 0.6) is 0 Å². The van der Waals surface area contributed by atoms with Gasteiger partial charge in [-0.25, -0.2) is 13.1 Å². The van der Waals surface area contributed by atoms with Crippen LogP contribution in [0.3, 0.4) is 0 Å². The van der Waals surface area contributed by atoms with Crippen molar-refractivity contribution in [3.63, 3.8) is 0 Å². The van der Waals surface area contributed by atoms with Gasteiger partial charge in [0.1, 0.15) is 0 Å². The minimum Gasteiger partial charge on any atom is -0.481 e. The topological polar surface area (TPSA) is 110 Å². The maximum atomic E-state index is 11.3. The van der Waals surface area contributed by atoms with E-state index in [1.165, 1.54) is 13.8 Å². The van der Waals surface area contributed by atoms with Crippen molar-refractivity contribution in [2.45, 2.75) is 13.8 Å². The number of rotatable bonds is 6. The third-order valence-corrected chi connectivity index (χ3v) is 3.05. The van der Waals surface area contributed by atoms with E-state index in [-0.39, 0.29) is 6.54 Å². The van der Waals surface area contributed by atoms with E-state index in [1.807, 2.05) is 4.72 Å². The van der Waals surface area contributed by atoms with E-state index in [4.69, 9.17) is 5.11 Å². The van der Waals surface area contributed by atoms with Crippen LogP contribution in [-0.2, 0) is 24.3 Å². The number of carboxylic acid groups (broad SMARTS) is 1. The summed E-state index contributed by atoms with van der Waals surface area (Å²) < 4.78 is 28.8. The Kier molecular flexibility index (Phi) is 4.88. The quantitative estimate of drug-likeness (QED) is 0.599. The number of carbonyl (C=O) groups is 2. The van der Waals surface area contributed by atoms with E-state index in [0.29, 0.717) is 0 Å². The van der Waals surface area contributed by atoms with E-state index < -0.39 is 33.1 Å². The standard InChI is InChI=1S/C8H15NO6S/c1-8(2,7(11)12)5-9-16(13,14)4-6(10)15-3/h9H,4-5H2,1-3H3,(H,11,12). The molecule has 8 heteroatoms. The van der Waals surface area contributed by atoms with Gasteiger partial charge >= 0.3 is 11.9 Å². The monoisotopic (exact) mass is 253 g/mol. The number of ether oxygens (including phenoxy) is 1. The summed E-state index contributed by atoms with van der Waals surface area (Å²) in [5.41, 5.74) is -1.23. The Balaban J connectivity index is 4.41. The van der Waals surface area contributed by atoms with Crippen LogP contribution in [0, 0.1) is 5.41 Å². The van der Waals surface area contributed by atoms with Crippen LogP contribution in [-0.4, -0.2) is 44.9 Å². The molecule has 0 bridgehead atoms. The van der Waals surface area contributed by atoms with Crippen molar-refractivity contribution in [3.05, 3.63) is 0 Å². The highest BCUT2D eigenvalue weighted by molar-refractivity contribution is 7.90. The van der Waals surface area contributed by atoms with E-state index in [9.17, 15) is 18.0 Å². The molecular weight excluding hydrogens is 238 g/mol. The largest absolute Gasteiger partial charge is 0.481 e. The minimum atomic E-state index is -3.85. The zero-order valence-corrected chi connectivity index (χ0v) is 10.1. The molecule has 0 saturated heterocycles. The van der Waals surface area contributed by atoms with Gasteiger partial charge < -0.3 is 9.84 Å². The van der Waals surface area contributed by atoms with Crippen molar-refractivity contribution in [1.82, 2.24) is 4.72 Å². The molecule has 0 unspecified atom stereocenters. The second-order valence-electron chi connectivity index (χ2n) is 3.85. The zero-order chi connectivity index (χ0) is 13.0. The lowest BCUT2D eigenvalue weighted by Crippen LogP contribution is -2.40. The Morgan fingerprint density at radius 2 is 1.88 bits per heavy atom. The van der Waals surface area contributed by atoms with Gasteiger partial charge in [-0.1, -0.05) is 0 Å². The molecule has 0 aromatic heterocycles. The summed E-state index contributed by atoms with van der Waals surface area (Å²) in [6, 6.07) is 0. The van der Waals surface area contributed by atoms with Crippen LogP contribution in [0.15, 0.2) is 0 Å². The number of nitrogens with one attached hydrogen (secondary N) is 1. The predicted molar refractivity (Wildman–Crippen MR) is 55.2 cm³/mol. The number of carbonyl (C=O) groups excluding carboxylic acids is 1. The molecule has 0 aromatic rings. The van der Waals surface area contributed by atoms with Crippen LogP contribution in [0.25, 0.3) is 0 Å². The molecular formula is C8H15NO6S. The molecule has 0 aromatic carbocycles. The average molecular weight is 253 g/mol. The van der Waals surface area contributed by atoms with Crippen LogP contribution >= 0.6 is 0 Å². The fraction of sp³-hybridized carbons (Fsp3) is 0.750. The molecule has 7 nitrogen and oxygen atoms in total. The fourth-order valence-corrected chi connectivity index (χ4v) is 1.74. The van der Waals surface area contributed by atoms with Crippen LogP contribution in [0.4, 0.5) is 0 Å². The summed E-state index contributed by atoms with van der Waals surface area (Å²) in [6.45, 7) is 2.45. The maximum Gasteiger partial charge on any atom is 0.322 e. The maximum absolute atomic E-state index is 11.3. The molecule has 0 heterocycles. The molecule has 0 amide bonds. The van der Waals surface area contributed by atoms with Crippen molar-refractivity contribution < 1.29 is 27.9 Å².